The van der Waals surface area contributed by atoms with Crippen molar-refractivity contribution in [3.05, 3.63) is 36.4 Å². The van der Waals surface area contributed by atoms with Crippen molar-refractivity contribution in [3.8, 4) is 22.8 Å². The molecule has 4 aromatic rings. The van der Waals surface area contributed by atoms with E-state index in [4.69, 9.17) is 9.97 Å². The number of likely N-dealkylation sites (tertiary alicyclic amines) is 1. The van der Waals surface area contributed by atoms with Crippen LogP contribution in [0.5, 0.6) is 0 Å². The maximum atomic E-state index is 12.9. The van der Waals surface area contributed by atoms with Gasteiger partial charge in [-0.1, -0.05) is 18.2 Å². The van der Waals surface area contributed by atoms with E-state index in [0.717, 1.165) is 85.8 Å². The molecule has 0 bridgehead atoms. The summed E-state index contributed by atoms with van der Waals surface area (Å²) < 4.78 is 0. The molecule has 0 spiro atoms. The third-order valence-electron chi connectivity index (χ3n) is 6.60. The number of piperidine rings is 1. The minimum Gasteiger partial charge on any atom is -0.356 e. The van der Waals surface area contributed by atoms with E-state index in [-0.39, 0.29) is 5.92 Å². The van der Waals surface area contributed by atoms with E-state index in [1.165, 1.54) is 0 Å². The standard InChI is InChI=1S/C23H25N9O/c33-23(31-10-1-2-11-31)17-7-4-12-32(14-17)19-9-8-18-22(25-19)26-20(24-18)15-5-3-6-16(13-15)21-27-29-30-28-21/h3,5-6,8-9,13,17H,1-2,4,7,10-12,14H2,(H,24,25,26)(H,27,28,29,30)/t17-/m1/s1. The molecule has 168 valence electrons. The van der Waals surface area contributed by atoms with Gasteiger partial charge in [-0.2, -0.15) is 0 Å². The SMILES string of the molecule is O=C([C@@H]1CCCN(c2ccc3nc(-c4cccc(-c5nnn[nH]5)c4)[nH]c3n2)C1)N1CCCC1. The third-order valence-corrected chi connectivity index (χ3v) is 6.60. The van der Waals surface area contributed by atoms with Gasteiger partial charge in [0, 0.05) is 37.3 Å². The highest BCUT2D eigenvalue weighted by atomic mass is 16.2. The van der Waals surface area contributed by atoms with Gasteiger partial charge in [0.05, 0.1) is 5.92 Å². The van der Waals surface area contributed by atoms with Crippen LogP contribution in [0.15, 0.2) is 36.4 Å². The molecule has 1 atom stereocenters. The van der Waals surface area contributed by atoms with Crippen molar-refractivity contribution in [2.45, 2.75) is 25.7 Å². The molecule has 0 aliphatic carbocycles. The molecule has 0 unspecified atom stereocenters. The van der Waals surface area contributed by atoms with Crippen LogP contribution in [0.25, 0.3) is 33.9 Å². The fourth-order valence-corrected chi connectivity index (χ4v) is 4.87. The second kappa shape index (κ2) is 8.27. The van der Waals surface area contributed by atoms with Gasteiger partial charge in [0.25, 0.3) is 0 Å². The van der Waals surface area contributed by atoms with E-state index < -0.39 is 0 Å². The number of anilines is 1. The van der Waals surface area contributed by atoms with Gasteiger partial charge in [-0.25, -0.2) is 15.1 Å². The Morgan fingerprint density at radius 2 is 1.82 bits per heavy atom. The summed E-state index contributed by atoms with van der Waals surface area (Å²) >= 11 is 0. The van der Waals surface area contributed by atoms with Crippen LogP contribution in [0.2, 0.25) is 0 Å². The number of nitrogens with zero attached hydrogens (tertiary/aromatic N) is 7. The number of nitrogens with one attached hydrogen (secondary N) is 2. The van der Waals surface area contributed by atoms with Crippen LogP contribution in [-0.2, 0) is 4.79 Å². The third kappa shape index (κ3) is 3.81. The van der Waals surface area contributed by atoms with Crippen molar-refractivity contribution in [1.29, 1.82) is 0 Å². The summed E-state index contributed by atoms with van der Waals surface area (Å²) in [5.41, 5.74) is 3.36. The minimum absolute atomic E-state index is 0.0556. The number of fused-ring (bicyclic) bond motifs is 1. The van der Waals surface area contributed by atoms with Crippen molar-refractivity contribution in [3.63, 3.8) is 0 Å². The summed E-state index contributed by atoms with van der Waals surface area (Å²) in [7, 11) is 0. The van der Waals surface area contributed by atoms with Crippen molar-refractivity contribution in [2.75, 3.05) is 31.1 Å². The van der Waals surface area contributed by atoms with Gasteiger partial charge in [0.1, 0.15) is 17.2 Å². The molecular weight excluding hydrogens is 418 g/mol. The van der Waals surface area contributed by atoms with Gasteiger partial charge in [-0.15, -0.1) is 5.10 Å². The molecule has 2 fully saturated rings. The highest BCUT2D eigenvalue weighted by Gasteiger charge is 2.31. The van der Waals surface area contributed by atoms with E-state index in [0.29, 0.717) is 11.7 Å². The van der Waals surface area contributed by atoms with Gasteiger partial charge in [0.15, 0.2) is 11.5 Å². The topological polar surface area (TPSA) is 120 Å². The maximum Gasteiger partial charge on any atom is 0.227 e. The molecule has 10 nitrogen and oxygen atoms in total. The Morgan fingerprint density at radius 1 is 0.970 bits per heavy atom. The van der Waals surface area contributed by atoms with E-state index in [1.54, 1.807) is 0 Å². The fraction of sp³-hybridized carbons (Fsp3) is 0.391. The molecule has 2 saturated heterocycles. The van der Waals surface area contributed by atoms with Gasteiger partial charge in [-0.3, -0.25) is 4.79 Å². The second-order valence-corrected chi connectivity index (χ2v) is 8.77. The highest BCUT2D eigenvalue weighted by Crippen LogP contribution is 2.28. The lowest BCUT2D eigenvalue weighted by atomic mass is 9.96. The predicted octanol–water partition coefficient (Wildman–Crippen LogP) is 2.64. The first-order valence-corrected chi connectivity index (χ1v) is 11.5. The van der Waals surface area contributed by atoms with Crippen molar-refractivity contribution < 1.29 is 4.79 Å². The number of aromatic amines is 2. The maximum absolute atomic E-state index is 12.9. The van der Waals surface area contributed by atoms with Gasteiger partial charge in [0.2, 0.25) is 5.91 Å². The number of rotatable bonds is 4. The zero-order valence-electron chi connectivity index (χ0n) is 18.2. The molecule has 2 N–H and O–H groups in total. The molecule has 3 aromatic heterocycles. The van der Waals surface area contributed by atoms with Crippen molar-refractivity contribution >= 4 is 22.9 Å². The molecule has 1 aromatic carbocycles. The summed E-state index contributed by atoms with van der Waals surface area (Å²) in [6.07, 6.45) is 4.21. The van der Waals surface area contributed by atoms with E-state index >= 15 is 0 Å². The number of aromatic nitrogens is 7. The molecule has 6 rings (SSSR count). The Kier molecular flexibility index (Phi) is 4.97. The molecular formula is C23H25N9O. The normalized spacial score (nSPS) is 18.8. The first-order valence-electron chi connectivity index (χ1n) is 11.5. The monoisotopic (exact) mass is 443 g/mol. The number of hydrogen-bond donors (Lipinski definition) is 2. The van der Waals surface area contributed by atoms with Crippen LogP contribution in [0.3, 0.4) is 0 Å². The first kappa shape index (κ1) is 19.8. The van der Waals surface area contributed by atoms with Crippen LogP contribution in [0, 0.1) is 5.92 Å². The molecule has 1 amide bonds. The summed E-state index contributed by atoms with van der Waals surface area (Å²) in [4.78, 5) is 30.1. The Balaban J connectivity index is 1.24. The number of benzene rings is 1. The Hall–Kier alpha value is -3.82. The summed E-state index contributed by atoms with van der Waals surface area (Å²) in [6.45, 7) is 3.45. The average Bonchev–Trinajstić information content (AvgIpc) is 3.65. The van der Waals surface area contributed by atoms with Crippen molar-refractivity contribution in [2.24, 2.45) is 5.92 Å². The lowest BCUT2D eigenvalue weighted by Crippen LogP contribution is -2.44. The number of tetrazole rings is 1. The summed E-state index contributed by atoms with van der Waals surface area (Å²) in [5.74, 6) is 2.60. The lowest BCUT2D eigenvalue weighted by Gasteiger charge is -2.34. The predicted molar refractivity (Wildman–Crippen MR) is 123 cm³/mol. The van der Waals surface area contributed by atoms with Gasteiger partial charge in [-0.05, 0) is 54.3 Å². The van der Waals surface area contributed by atoms with Crippen LogP contribution < -0.4 is 4.90 Å². The van der Waals surface area contributed by atoms with E-state index in [2.05, 4.69) is 30.5 Å². The van der Waals surface area contributed by atoms with Crippen molar-refractivity contribution in [1.82, 2.24) is 40.5 Å². The minimum atomic E-state index is 0.0556. The largest absolute Gasteiger partial charge is 0.356 e. The summed E-state index contributed by atoms with van der Waals surface area (Å²) in [6, 6.07) is 11.9. The number of carbonyl (C=O) groups excluding carboxylic acids is 1. The second-order valence-electron chi connectivity index (χ2n) is 8.77. The quantitative estimate of drug-likeness (QED) is 0.497. The van der Waals surface area contributed by atoms with E-state index in [1.807, 2.05) is 41.3 Å². The average molecular weight is 444 g/mol. The molecule has 0 radical (unpaired) electrons. The number of imidazole rings is 1. The van der Waals surface area contributed by atoms with E-state index in [9.17, 15) is 4.79 Å². The lowest BCUT2D eigenvalue weighted by molar-refractivity contribution is -0.134. The molecule has 0 saturated carbocycles. The number of hydrogen-bond acceptors (Lipinski definition) is 7. The Labute approximate surface area is 190 Å². The summed E-state index contributed by atoms with van der Waals surface area (Å²) in [5, 5.41) is 14.1. The highest BCUT2D eigenvalue weighted by molar-refractivity contribution is 5.81. The molecule has 33 heavy (non-hydrogen) atoms. The smallest absolute Gasteiger partial charge is 0.227 e. The molecule has 5 heterocycles. The number of amides is 1. The van der Waals surface area contributed by atoms with Gasteiger partial charge >= 0.3 is 0 Å². The molecule has 10 heteroatoms. The van der Waals surface area contributed by atoms with Gasteiger partial charge < -0.3 is 14.8 Å². The molecule has 2 aliphatic heterocycles. The molecule has 2 aliphatic rings. The van der Waals surface area contributed by atoms with Crippen LogP contribution in [-0.4, -0.2) is 72.6 Å². The Morgan fingerprint density at radius 3 is 2.64 bits per heavy atom. The number of H-pyrrole nitrogens is 2. The van der Waals surface area contributed by atoms with Crippen LogP contribution in [0.4, 0.5) is 5.82 Å². The fourth-order valence-electron chi connectivity index (χ4n) is 4.87. The van der Waals surface area contributed by atoms with Crippen LogP contribution >= 0.6 is 0 Å². The Bertz CT molecular complexity index is 1280. The number of pyridine rings is 1. The first-order chi connectivity index (χ1) is 16.2. The van der Waals surface area contributed by atoms with Crippen LogP contribution in [0.1, 0.15) is 25.7 Å². The zero-order valence-corrected chi connectivity index (χ0v) is 18.2. The zero-order chi connectivity index (χ0) is 22.2. The number of carbonyl (C=O) groups is 1.